The number of rotatable bonds is 6. The maximum absolute atomic E-state index is 9.64. The van der Waals surface area contributed by atoms with Crippen molar-refractivity contribution in [2.75, 3.05) is 46.4 Å². The van der Waals surface area contributed by atoms with Crippen molar-refractivity contribution in [1.82, 2.24) is 14.7 Å². The van der Waals surface area contributed by atoms with Crippen LogP contribution >= 0.6 is 0 Å². The molecule has 0 saturated carbocycles. The van der Waals surface area contributed by atoms with Crippen LogP contribution in [0.4, 0.5) is 0 Å². The smallest absolute Gasteiger partial charge is 0.0446 e. The fourth-order valence-electron chi connectivity index (χ4n) is 4.98. The summed E-state index contributed by atoms with van der Waals surface area (Å²) >= 11 is 0. The Morgan fingerprint density at radius 3 is 2.24 bits per heavy atom. The Kier molecular flexibility index (Phi) is 6.98. The molecule has 156 valence electrons. The van der Waals surface area contributed by atoms with Gasteiger partial charge in [0.1, 0.15) is 0 Å². The van der Waals surface area contributed by atoms with E-state index in [0.29, 0.717) is 12.1 Å². The quantitative estimate of drug-likeness (QED) is 0.816. The Morgan fingerprint density at radius 2 is 1.55 bits per heavy atom. The first-order valence-corrected chi connectivity index (χ1v) is 11.1. The van der Waals surface area contributed by atoms with Gasteiger partial charge in [0.05, 0.1) is 0 Å². The summed E-state index contributed by atoms with van der Waals surface area (Å²) in [5.74, 6) is 0. The zero-order chi connectivity index (χ0) is 20.1. The highest BCUT2D eigenvalue weighted by molar-refractivity contribution is 5.63. The highest BCUT2D eigenvalue weighted by Gasteiger charge is 2.32. The summed E-state index contributed by atoms with van der Waals surface area (Å²) in [4.78, 5) is 7.72. The van der Waals surface area contributed by atoms with Gasteiger partial charge in [-0.25, -0.2) is 0 Å². The third kappa shape index (κ3) is 5.26. The molecule has 4 heteroatoms. The summed E-state index contributed by atoms with van der Waals surface area (Å²) in [5.41, 5.74) is 3.92. The van der Waals surface area contributed by atoms with E-state index < -0.39 is 0 Å². The van der Waals surface area contributed by atoms with Gasteiger partial charge >= 0.3 is 0 Å². The minimum absolute atomic E-state index is 0.285. The Morgan fingerprint density at radius 1 is 0.862 bits per heavy atom. The predicted octanol–water partition coefficient (Wildman–Crippen LogP) is 3.32. The van der Waals surface area contributed by atoms with E-state index in [0.717, 1.165) is 32.6 Å². The molecule has 2 aliphatic heterocycles. The largest absolute Gasteiger partial charge is 0.396 e. The van der Waals surface area contributed by atoms with Crippen LogP contribution in [0.5, 0.6) is 0 Å². The predicted molar refractivity (Wildman–Crippen MR) is 120 cm³/mol. The van der Waals surface area contributed by atoms with Crippen molar-refractivity contribution in [1.29, 1.82) is 0 Å². The zero-order valence-corrected chi connectivity index (χ0v) is 17.7. The number of hydrogen-bond donors (Lipinski definition) is 1. The third-order valence-electron chi connectivity index (χ3n) is 6.70. The standard InChI is InChI=1S/C25H35N3O/c1-26-14-11-24(12-15-26)28-17-16-27(20-25(28)13-18-29)19-21-7-9-23(10-8-21)22-5-3-2-4-6-22/h2-10,24-25,29H,11-20H2,1H3/t25-/m0/s1. The van der Waals surface area contributed by atoms with Gasteiger partial charge in [-0.1, -0.05) is 54.6 Å². The molecule has 4 nitrogen and oxygen atoms in total. The molecule has 0 amide bonds. The minimum atomic E-state index is 0.285. The topological polar surface area (TPSA) is 30.0 Å². The molecule has 4 rings (SSSR count). The number of aliphatic hydroxyl groups excluding tert-OH is 1. The number of hydrogen-bond acceptors (Lipinski definition) is 4. The molecule has 29 heavy (non-hydrogen) atoms. The van der Waals surface area contributed by atoms with E-state index >= 15 is 0 Å². The number of likely N-dealkylation sites (tertiary alicyclic amines) is 1. The van der Waals surface area contributed by atoms with Gasteiger partial charge in [0.15, 0.2) is 0 Å². The van der Waals surface area contributed by atoms with Crippen LogP contribution in [0.1, 0.15) is 24.8 Å². The molecule has 2 aromatic carbocycles. The lowest BCUT2D eigenvalue weighted by atomic mass is 9.98. The molecule has 0 unspecified atom stereocenters. The van der Waals surface area contributed by atoms with E-state index in [1.807, 2.05) is 0 Å². The van der Waals surface area contributed by atoms with Crippen LogP contribution in [0.3, 0.4) is 0 Å². The average molecular weight is 394 g/mol. The number of benzene rings is 2. The zero-order valence-electron chi connectivity index (χ0n) is 17.7. The monoisotopic (exact) mass is 393 g/mol. The molecule has 0 spiro atoms. The highest BCUT2D eigenvalue weighted by atomic mass is 16.3. The van der Waals surface area contributed by atoms with E-state index in [9.17, 15) is 5.11 Å². The van der Waals surface area contributed by atoms with Crippen molar-refractivity contribution in [3.63, 3.8) is 0 Å². The highest BCUT2D eigenvalue weighted by Crippen LogP contribution is 2.24. The van der Waals surface area contributed by atoms with Gasteiger partial charge in [-0.05, 0) is 56.1 Å². The Hall–Kier alpha value is -1.72. The summed E-state index contributed by atoms with van der Waals surface area (Å²) in [5, 5.41) is 9.64. The molecule has 2 saturated heterocycles. The fourth-order valence-corrected chi connectivity index (χ4v) is 4.98. The van der Waals surface area contributed by atoms with Crippen LogP contribution in [-0.4, -0.2) is 78.3 Å². The third-order valence-corrected chi connectivity index (χ3v) is 6.70. The lowest BCUT2D eigenvalue weighted by Crippen LogP contribution is -2.58. The van der Waals surface area contributed by atoms with Crippen LogP contribution in [0, 0.1) is 0 Å². The molecule has 2 heterocycles. The lowest BCUT2D eigenvalue weighted by Gasteiger charge is -2.47. The summed E-state index contributed by atoms with van der Waals surface area (Å²) < 4.78 is 0. The van der Waals surface area contributed by atoms with Gasteiger partial charge in [0.25, 0.3) is 0 Å². The molecule has 0 radical (unpaired) electrons. The first-order chi connectivity index (χ1) is 14.2. The van der Waals surface area contributed by atoms with E-state index in [4.69, 9.17) is 0 Å². The molecule has 0 aliphatic carbocycles. The van der Waals surface area contributed by atoms with Gasteiger partial charge in [-0.3, -0.25) is 9.80 Å². The van der Waals surface area contributed by atoms with Crippen LogP contribution < -0.4 is 0 Å². The molecule has 2 aromatic rings. The average Bonchev–Trinajstić information content (AvgIpc) is 2.76. The van der Waals surface area contributed by atoms with Crippen LogP contribution in [0.2, 0.25) is 0 Å². The molecule has 1 N–H and O–H groups in total. The number of nitrogens with zero attached hydrogens (tertiary/aromatic N) is 3. The number of piperidine rings is 1. The first kappa shape index (κ1) is 20.5. The van der Waals surface area contributed by atoms with Crippen LogP contribution in [-0.2, 0) is 6.54 Å². The Balaban J connectivity index is 1.36. The van der Waals surface area contributed by atoms with Crippen molar-refractivity contribution >= 4 is 0 Å². The van der Waals surface area contributed by atoms with Crippen molar-refractivity contribution < 1.29 is 5.11 Å². The number of aliphatic hydroxyl groups is 1. The first-order valence-electron chi connectivity index (χ1n) is 11.1. The van der Waals surface area contributed by atoms with Crippen molar-refractivity contribution in [3.05, 3.63) is 60.2 Å². The van der Waals surface area contributed by atoms with Crippen LogP contribution in [0.15, 0.2) is 54.6 Å². The molecular formula is C25H35N3O. The Bertz CT molecular complexity index is 740. The molecule has 0 bridgehead atoms. The lowest BCUT2D eigenvalue weighted by molar-refractivity contribution is 0.00600. The fraction of sp³-hybridized carbons (Fsp3) is 0.520. The molecule has 2 fully saturated rings. The van der Waals surface area contributed by atoms with Crippen molar-refractivity contribution in [3.8, 4) is 11.1 Å². The van der Waals surface area contributed by atoms with Crippen molar-refractivity contribution in [2.45, 2.75) is 37.9 Å². The normalized spacial score (nSPS) is 22.8. The van der Waals surface area contributed by atoms with Gasteiger partial charge in [-0.15, -0.1) is 0 Å². The van der Waals surface area contributed by atoms with E-state index in [2.05, 4.69) is 76.3 Å². The van der Waals surface area contributed by atoms with E-state index in [1.54, 1.807) is 0 Å². The Labute approximate surface area is 175 Å². The summed E-state index contributed by atoms with van der Waals surface area (Å²) in [7, 11) is 2.22. The molecule has 0 aromatic heterocycles. The van der Waals surface area contributed by atoms with Gasteiger partial charge in [0, 0.05) is 44.9 Å². The van der Waals surface area contributed by atoms with Gasteiger partial charge in [0.2, 0.25) is 0 Å². The molecule has 2 aliphatic rings. The second-order valence-corrected chi connectivity index (χ2v) is 8.74. The van der Waals surface area contributed by atoms with Crippen LogP contribution in [0.25, 0.3) is 11.1 Å². The molecular weight excluding hydrogens is 358 g/mol. The maximum atomic E-state index is 9.64. The SMILES string of the molecule is CN1CCC(N2CCN(Cc3ccc(-c4ccccc4)cc3)C[C@@H]2CCO)CC1. The van der Waals surface area contributed by atoms with E-state index in [-0.39, 0.29) is 6.61 Å². The maximum Gasteiger partial charge on any atom is 0.0446 e. The second-order valence-electron chi connectivity index (χ2n) is 8.74. The van der Waals surface area contributed by atoms with Crippen molar-refractivity contribution in [2.24, 2.45) is 0 Å². The van der Waals surface area contributed by atoms with Gasteiger partial charge in [-0.2, -0.15) is 0 Å². The van der Waals surface area contributed by atoms with E-state index in [1.165, 1.54) is 42.6 Å². The summed E-state index contributed by atoms with van der Waals surface area (Å²) in [6, 6.07) is 20.8. The number of piperazine rings is 1. The minimum Gasteiger partial charge on any atom is -0.396 e. The second kappa shape index (κ2) is 9.86. The summed E-state index contributed by atoms with van der Waals surface area (Å²) in [6.07, 6.45) is 3.41. The van der Waals surface area contributed by atoms with Gasteiger partial charge < -0.3 is 10.0 Å². The molecule has 1 atom stereocenters. The summed E-state index contributed by atoms with van der Waals surface area (Å²) in [6.45, 7) is 6.99.